The summed E-state index contributed by atoms with van der Waals surface area (Å²) >= 11 is 3.90. The van der Waals surface area contributed by atoms with Crippen LogP contribution < -0.4 is 0 Å². The number of thiol groups is 1. The molecule has 1 aromatic rings. The summed E-state index contributed by atoms with van der Waals surface area (Å²) in [5.41, 5.74) is 0. The molecule has 0 aliphatic carbocycles. The fourth-order valence-electron chi connectivity index (χ4n) is 0.843. The van der Waals surface area contributed by atoms with Gasteiger partial charge in [-0.1, -0.05) is 6.92 Å². The number of aromatic nitrogens is 4. The number of tetrazole rings is 1. The van der Waals surface area contributed by atoms with Crippen LogP contribution in [0, 0.1) is 0 Å². The Labute approximate surface area is 131 Å². The van der Waals surface area contributed by atoms with Crippen molar-refractivity contribution in [1.29, 1.82) is 0 Å². The molecular formula is C5H10N4Na2O2S. The van der Waals surface area contributed by atoms with E-state index in [2.05, 4.69) is 28.2 Å². The molecular weight excluding hydrogens is 226 g/mol. The Hall–Kier alpha value is 0.890. The van der Waals surface area contributed by atoms with E-state index < -0.39 is 12.0 Å². The molecule has 9 heteroatoms. The molecule has 0 aliphatic heterocycles. The van der Waals surface area contributed by atoms with Crippen molar-refractivity contribution in [3.63, 3.8) is 0 Å². The molecule has 0 radical (unpaired) electrons. The molecule has 1 rings (SSSR count). The van der Waals surface area contributed by atoms with Crippen LogP contribution in [-0.4, -0.2) is 90.4 Å². The van der Waals surface area contributed by atoms with Crippen LogP contribution in [0.25, 0.3) is 0 Å². The molecule has 0 saturated heterocycles. The normalized spacial score (nSPS) is 11.0. The van der Waals surface area contributed by atoms with Gasteiger partial charge in [0.05, 0.1) is 0 Å². The molecule has 1 atom stereocenters. The third-order valence-electron chi connectivity index (χ3n) is 1.44. The predicted molar refractivity (Wildman–Crippen MR) is 56.3 cm³/mol. The Morgan fingerprint density at radius 2 is 2.21 bits per heavy atom. The number of rotatable bonds is 3. The molecule has 0 aromatic carbocycles. The minimum atomic E-state index is -0.958. The second-order valence-electron chi connectivity index (χ2n) is 2.19. The van der Waals surface area contributed by atoms with Gasteiger partial charge in [0.25, 0.3) is 0 Å². The van der Waals surface area contributed by atoms with Crippen molar-refractivity contribution in [3.05, 3.63) is 0 Å². The van der Waals surface area contributed by atoms with Crippen molar-refractivity contribution in [2.75, 3.05) is 0 Å². The molecule has 0 spiro atoms. The summed E-state index contributed by atoms with van der Waals surface area (Å²) in [6.07, 6.45) is 0.425. The zero-order valence-corrected chi connectivity index (χ0v) is 7.27. The van der Waals surface area contributed by atoms with E-state index in [-0.39, 0.29) is 64.3 Å². The van der Waals surface area contributed by atoms with Crippen molar-refractivity contribution < 1.29 is 9.90 Å². The van der Waals surface area contributed by atoms with Gasteiger partial charge in [0.2, 0.25) is 5.16 Å². The molecule has 6 nitrogen and oxygen atoms in total. The van der Waals surface area contributed by atoms with Crippen LogP contribution in [0.1, 0.15) is 19.4 Å². The van der Waals surface area contributed by atoms with Crippen LogP contribution in [0.5, 0.6) is 0 Å². The third kappa shape index (κ3) is 4.18. The van der Waals surface area contributed by atoms with Crippen molar-refractivity contribution in [2.24, 2.45) is 0 Å². The Balaban J connectivity index is 0. The summed E-state index contributed by atoms with van der Waals surface area (Å²) in [5, 5.41) is 19.2. The van der Waals surface area contributed by atoms with Gasteiger partial charge in [-0.2, -0.15) is 0 Å². The van der Waals surface area contributed by atoms with E-state index in [1.807, 2.05) is 0 Å². The maximum absolute atomic E-state index is 10.6. The van der Waals surface area contributed by atoms with Crippen molar-refractivity contribution in [1.82, 2.24) is 20.2 Å². The molecule has 1 heterocycles. The van der Waals surface area contributed by atoms with Crippen LogP contribution in [-0.2, 0) is 4.79 Å². The van der Waals surface area contributed by atoms with Crippen LogP contribution >= 0.6 is 12.6 Å². The van der Waals surface area contributed by atoms with E-state index in [0.29, 0.717) is 6.42 Å². The fraction of sp³-hybridized carbons (Fsp3) is 0.600. The molecule has 1 unspecified atom stereocenters. The minimum absolute atomic E-state index is 0. The van der Waals surface area contributed by atoms with Crippen LogP contribution in [0.3, 0.4) is 0 Å². The van der Waals surface area contributed by atoms with Gasteiger partial charge in [-0.15, -0.1) is 17.7 Å². The van der Waals surface area contributed by atoms with Gasteiger partial charge >= 0.3 is 65.1 Å². The van der Waals surface area contributed by atoms with E-state index in [1.54, 1.807) is 6.92 Å². The molecule has 0 fully saturated rings. The van der Waals surface area contributed by atoms with E-state index >= 15 is 0 Å². The van der Waals surface area contributed by atoms with Gasteiger partial charge in [-0.25, -0.2) is 9.48 Å². The quantitative estimate of drug-likeness (QED) is 0.503. The Bertz CT molecular complexity index is 295. The first kappa shape index (κ1) is 17.3. The van der Waals surface area contributed by atoms with Gasteiger partial charge in [0.15, 0.2) is 6.04 Å². The van der Waals surface area contributed by atoms with Gasteiger partial charge in [0, 0.05) is 0 Å². The van der Waals surface area contributed by atoms with Crippen LogP contribution in [0.15, 0.2) is 5.16 Å². The molecule has 0 amide bonds. The Morgan fingerprint density at radius 1 is 1.64 bits per heavy atom. The Morgan fingerprint density at radius 3 is 2.50 bits per heavy atom. The summed E-state index contributed by atoms with van der Waals surface area (Å²) in [6, 6.07) is -0.729. The van der Waals surface area contributed by atoms with Crippen LogP contribution in [0.2, 0.25) is 0 Å². The van der Waals surface area contributed by atoms with Crippen molar-refractivity contribution in [2.45, 2.75) is 24.5 Å². The average molecular weight is 236 g/mol. The van der Waals surface area contributed by atoms with Gasteiger partial charge in [0.1, 0.15) is 0 Å². The molecule has 0 aliphatic rings. The average Bonchev–Trinajstić information content (AvgIpc) is 2.38. The first-order valence-electron chi connectivity index (χ1n) is 3.36. The van der Waals surface area contributed by atoms with Gasteiger partial charge in [-0.3, -0.25) is 0 Å². The first-order valence-corrected chi connectivity index (χ1v) is 3.81. The molecule has 1 N–H and O–H groups in total. The second-order valence-corrected chi connectivity index (χ2v) is 2.59. The van der Waals surface area contributed by atoms with Crippen molar-refractivity contribution >= 4 is 77.7 Å². The molecule has 70 valence electrons. The SMILES string of the molecule is CCC(C(=O)O)n1nnnc1S.[NaH].[NaH]. The zero-order valence-electron chi connectivity index (χ0n) is 6.38. The monoisotopic (exact) mass is 236 g/mol. The number of hydrogen-bond donors (Lipinski definition) is 2. The number of carboxylic acid groups (broad SMARTS) is 1. The molecule has 0 saturated carbocycles. The summed E-state index contributed by atoms with van der Waals surface area (Å²) in [4.78, 5) is 10.6. The number of nitrogens with zero attached hydrogens (tertiary/aromatic N) is 4. The van der Waals surface area contributed by atoms with Gasteiger partial charge < -0.3 is 5.11 Å². The van der Waals surface area contributed by atoms with E-state index in [4.69, 9.17) is 5.11 Å². The third-order valence-corrected chi connectivity index (χ3v) is 1.74. The number of carboxylic acids is 1. The number of hydrogen-bond acceptors (Lipinski definition) is 5. The number of aliphatic carboxylic acids is 1. The second kappa shape index (κ2) is 8.09. The van der Waals surface area contributed by atoms with Crippen LogP contribution in [0.4, 0.5) is 0 Å². The predicted octanol–water partition coefficient (Wildman–Crippen LogP) is -1.30. The summed E-state index contributed by atoms with van der Waals surface area (Å²) < 4.78 is 1.17. The molecule has 0 bridgehead atoms. The maximum atomic E-state index is 10.6. The fourth-order valence-corrected chi connectivity index (χ4v) is 1.06. The molecule has 1 aromatic heterocycles. The molecule has 14 heavy (non-hydrogen) atoms. The first-order chi connectivity index (χ1) is 5.66. The van der Waals surface area contributed by atoms with E-state index in [1.165, 1.54) is 4.68 Å². The van der Waals surface area contributed by atoms with Gasteiger partial charge in [-0.05, 0) is 16.8 Å². The zero-order chi connectivity index (χ0) is 9.14. The standard InChI is InChI=1S/C5H8N4O2S.2Na.2H/c1-2-3(4(10)11)9-5(12)6-7-8-9;;;;/h3H,2H2,1H3,(H,10,11)(H,6,8,12);;;;. The van der Waals surface area contributed by atoms with Crippen molar-refractivity contribution in [3.8, 4) is 0 Å². The summed E-state index contributed by atoms with van der Waals surface area (Å²) in [7, 11) is 0. The number of carbonyl (C=O) groups is 1. The van der Waals surface area contributed by atoms with E-state index in [0.717, 1.165) is 0 Å². The topological polar surface area (TPSA) is 80.9 Å². The summed E-state index contributed by atoms with van der Waals surface area (Å²) in [5.74, 6) is -0.958. The Kier molecular flexibility index (Phi) is 9.99. The van der Waals surface area contributed by atoms with E-state index in [9.17, 15) is 4.79 Å². The summed E-state index contributed by atoms with van der Waals surface area (Å²) in [6.45, 7) is 1.74.